The highest BCUT2D eigenvalue weighted by Crippen LogP contribution is 2.30. The molecule has 6 heteroatoms. The number of para-hydroxylation sites is 3. The highest BCUT2D eigenvalue weighted by atomic mass is 16.1. The van der Waals surface area contributed by atoms with Crippen LogP contribution < -0.4 is 10.9 Å². The molecular weight excluding hydrogens is 446 g/mol. The number of benzene rings is 3. The molecule has 0 spiro atoms. The number of nitrogens with one attached hydrogen (secondary N) is 1. The first-order valence-electron chi connectivity index (χ1n) is 12.5. The summed E-state index contributed by atoms with van der Waals surface area (Å²) in [6, 6.07) is 25.9. The van der Waals surface area contributed by atoms with Gasteiger partial charge in [-0.15, -0.1) is 0 Å². The van der Waals surface area contributed by atoms with Crippen molar-refractivity contribution < 1.29 is 0 Å². The van der Waals surface area contributed by atoms with Gasteiger partial charge in [-0.2, -0.15) is 5.26 Å². The number of rotatable bonds is 5. The third kappa shape index (κ3) is 4.08. The molecule has 5 aromatic rings. The molecule has 6 rings (SSSR count). The van der Waals surface area contributed by atoms with E-state index in [2.05, 4.69) is 28.1 Å². The molecular formula is C30H27N5O. The standard InChI is InChI=1S/C30H27N5O/c31-16-21-11-13-22(14-12-21)18-34-20-25(24-7-1-3-9-27(24)34)29-30(36)35(19-23-6-5-15-32-17-23)28-10-4-2-8-26(28)33-29/h1-4,7-14,20,23,32H,5-6,15,17-19H2. The second-order valence-corrected chi connectivity index (χ2v) is 9.57. The van der Waals surface area contributed by atoms with Crippen molar-refractivity contribution in [1.82, 2.24) is 19.4 Å². The molecule has 1 saturated heterocycles. The van der Waals surface area contributed by atoms with Gasteiger partial charge < -0.3 is 14.5 Å². The van der Waals surface area contributed by atoms with Gasteiger partial charge in [0.25, 0.3) is 5.56 Å². The third-order valence-electron chi connectivity index (χ3n) is 7.17. The molecule has 0 amide bonds. The monoisotopic (exact) mass is 473 g/mol. The fourth-order valence-corrected chi connectivity index (χ4v) is 5.33. The van der Waals surface area contributed by atoms with Crippen LogP contribution in [-0.2, 0) is 13.1 Å². The van der Waals surface area contributed by atoms with Gasteiger partial charge in [0.15, 0.2) is 0 Å². The molecule has 1 atom stereocenters. The number of nitriles is 1. The van der Waals surface area contributed by atoms with Crippen LogP contribution in [0.3, 0.4) is 0 Å². The fraction of sp³-hybridized carbons (Fsp3) is 0.233. The molecule has 36 heavy (non-hydrogen) atoms. The minimum Gasteiger partial charge on any atom is -0.342 e. The van der Waals surface area contributed by atoms with Crippen molar-refractivity contribution in [3.63, 3.8) is 0 Å². The van der Waals surface area contributed by atoms with Crippen molar-refractivity contribution in [2.45, 2.75) is 25.9 Å². The lowest BCUT2D eigenvalue weighted by atomic mass is 9.99. The summed E-state index contributed by atoms with van der Waals surface area (Å²) >= 11 is 0. The molecule has 0 saturated carbocycles. The molecule has 1 unspecified atom stereocenters. The zero-order valence-electron chi connectivity index (χ0n) is 20.0. The van der Waals surface area contributed by atoms with Crippen LogP contribution in [0.15, 0.2) is 83.8 Å². The van der Waals surface area contributed by atoms with Crippen LogP contribution in [0, 0.1) is 17.2 Å². The van der Waals surface area contributed by atoms with Crippen LogP contribution in [0.2, 0.25) is 0 Å². The minimum atomic E-state index is -0.0412. The molecule has 1 aliphatic heterocycles. The Morgan fingerprint density at radius 3 is 2.56 bits per heavy atom. The quantitative estimate of drug-likeness (QED) is 0.392. The molecule has 3 aromatic carbocycles. The van der Waals surface area contributed by atoms with Gasteiger partial charge in [-0.3, -0.25) is 4.79 Å². The first-order chi connectivity index (χ1) is 17.7. The van der Waals surface area contributed by atoms with E-state index >= 15 is 0 Å². The average Bonchev–Trinajstić information content (AvgIpc) is 3.29. The summed E-state index contributed by atoms with van der Waals surface area (Å²) < 4.78 is 4.10. The highest BCUT2D eigenvalue weighted by Gasteiger charge is 2.21. The summed E-state index contributed by atoms with van der Waals surface area (Å²) in [5.74, 6) is 0.424. The SMILES string of the molecule is N#Cc1ccc(Cn2cc(-c3nc4ccccc4n(CC4CCCNC4)c3=O)c3ccccc32)cc1. The predicted octanol–water partition coefficient (Wildman–Crippen LogP) is 4.94. The molecule has 6 nitrogen and oxygen atoms in total. The van der Waals surface area contributed by atoms with Crippen molar-refractivity contribution in [1.29, 1.82) is 5.26 Å². The van der Waals surface area contributed by atoms with Crippen molar-refractivity contribution >= 4 is 21.9 Å². The molecule has 0 aliphatic carbocycles. The number of hydrogen-bond donors (Lipinski definition) is 1. The predicted molar refractivity (Wildman–Crippen MR) is 143 cm³/mol. The molecule has 1 aliphatic rings. The zero-order valence-corrected chi connectivity index (χ0v) is 20.0. The van der Waals surface area contributed by atoms with Crippen molar-refractivity contribution in [3.05, 3.63) is 100 Å². The summed E-state index contributed by atoms with van der Waals surface area (Å²) in [7, 11) is 0. The summed E-state index contributed by atoms with van der Waals surface area (Å²) in [6.07, 6.45) is 4.31. The van der Waals surface area contributed by atoms with Gasteiger partial charge in [0.05, 0.1) is 22.7 Å². The molecule has 3 heterocycles. The lowest BCUT2D eigenvalue weighted by Gasteiger charge is -2.24. The Morgan fingerprint density at radius 1 is 1.00 bits per heavy atom. The van der Waals surface area contributed by atoms with Crippen LogP contribution >= 0.6 is 0 Å². The lowest BCUT2D eigenvalue weighted by molar-refractivity contribution is 0.337. The second-order valence-electron chi connectivity index (χ2n) is 9.57. The van der Waals surface area contributed by atoms with Gasteiger partial charge in [-0.1, -0.05) is 42.5 Å². The molecule has 1 fully saturated rings. The van der Waals surface area contributed by atoms with E-state index in [1.54, 1.807) is 0 Å². The van der Waals surface area contributed by atoms with E-state index in [0.717, 1.165) is 59.0 Å². The summed E-state index contributed by atoms with van der Waals surface area (Å²) in [5, 5.41) is 13.6. The van der Waals surface area contributed by atoms with Crippen LogP contribution in [0.4, 0.5) is 0 Å². The van der Waals surface area contributed by atoms with Gasteiger partial charge >= 0.3 is 0 Å². The minimum absolute atomic E-state index is 0.0412. The van der Waals surface area contributed by atoms with Gasteiger partial charge in [0.1, 0.15) is 5.69 Å². The van der Waals surface area contributed by atoms with Gasteiger partial charge in [-0.05, 0) is 67.7 Å². The molecule has 1 N–H and O–H groups in total. The van der Waals surface area contributed by atoms with Crippen LogP contribution in [0.25, 0.3) is 33.2 Å². The Bertz CT molecular complexity index is 1650. The summed E-state index contributed by atoms with van der Waals surface area (Å²) in [4.78, 5) is 18.9. The molecule has 178 valence electrons. The number of piperidine rings is 1. The van der Waals surface area contributed by atoms with Crippen molar-refractivity contribution in [2.75, 3.05) is 13.1 Å². The van der Waals surface area contributed by atoms with Gasteiger partial charge in [-0.25, -0.2) is 4.98 Å². The van der Waals surface area contributed by atoms with E-state index in [-0.39, 0.29) is 5.56 Å². The summed E-state index contributed by atoms with van der Waals surface area (Å²) in [6.45, 7) is 3.31. The topological polar surface area (TPSA) is 75.6 Å². The van der Waals surface area contributed by atoms with Gasteiger partial charge in [0.2, 0.25) is 0 Å². The average molecular weight is 474 g/mol. The maximum Gasteiger partial charge on any atom is 0.277 e. The van der Waals surface area contributed by atoms with Crippen LogP contribution in [0.1, 0.15) is 24.0 Å². The van der Waals surface area contributed by atoms with Crippen molar-refractivity contribution in [2.24, 2.45) is 5.92 Å². The molecule has 2 aromatic heterocycles. The van der Waals surface area contributed by atoms with E-state index in [9.17, 15) is 4.79 Å². The van der Waals surface area contributed by atoms with Crippen LogP contribution in [0.5, 0.6) is 0 Å². The Morgan fingerprint density at radius 2 is 1.78 bits per heavy atom. The molecule has 0 bridgehead atoms. The first-order valence-corrected chi connectivity index (χ1v) is 12.5. The normalized spacial score (nSPS) is 15.8. The third-order valence-corrected chi connectivity index (χ3v) is 7.17. The lowest BCUT2D eigenvalue weighted by Crippen LogP contribution is -2.35. The van der Waals surface area contributed by atoms with E-state index in [0.29, 0.717) is 30.3 Å². The van der Waals surface area contributed by atoms with Crippen LogP contribution in [-0.4, -0.2) is 27.2 Å². The fourth-order valence-electron chi connectivity index (χ4n) is 5.33. The maximum absolute atomic E-state index is 14.0. The van der Waals surface area contributed by atoms with E-state index in [4.69, 9.17) is 10.2 Å². The largest absolute Gasteiger partial charge is 0.342 e. The number of aromatic nitrogens is 3. The van der Waals surface area contributed by atoms with Crippen molar-refractivity contribution in [3.8, 4) is 17.3 Å². The second kappa shape index (κ2) is 9.44. The Hall–Kier alpha value is -4.21. The maximum atomic E-state index is 14.0. The highest BCUT2D eigenvalue weighted by molar-refractivity contribution is 5.96. The molecule has 0 radical (unpaired) electrons. The number of fused-ring (bicyclic) bond motifs is 2. The Balaban J connectivity index is 1.49. The van der Waals surface area contributed by atoms with Gasteiger partial charge in [0, 0.05) is 35.8 Å². The summed E-state index contributed by atoms with van der Waals surface area (Å²) in [5.41, 5.74) is 5.81. The van der Waals surface area contributed by atoms with E-state index in [1.807, 2.05) is 71.4 Å². The zero-order chi connectivity index (χ0) is 24.5. The Labute approximate surface area is 209 Å². The van der Waals surface area contributed by atoms with E-state index in [1.165, 1.54) is 0 Å². The first kappa shape index (κ1) is 22.3. The number of hydrogen-bond acceptors (Lipinski definition) is 4. The number of nitrogens with zero attached hydrogens (tertiary/aromatic N) is 4. The van der Waals surface area contributed by atoms with E-state index < -0.39 is 0 Å². The Kier molecular flexibility index (Phi) is 5.84. The smallest absolute Gasteiger partial charge is 0.277 e.